The number of nitrogens with zero attached hydrogens (tertiary/aromatic N) is 2. The monoisotopic (exact) mass is 256 g/mol. The van der Waals surface area contributed by atoms with E-state index in [4.69, 9.17) is 17.0 Å². The van der Waals surface area contributed by atoms with Crippen LogP contribution in [0, 0.1) is 0 Å². The van der Waals surface area contributed by atoms with Crippen molar-refractivity contribution < 1.29 is 4.74 Å². The maximum Gasteiger partial charge on any atom is 0.166 e. The molecule has 0 aliphatic carbocycles. The molecule has 0 unspecified atom stereocenters. The second-order valence-corrected chi connectivity index (χ2v) is 4.13. The zero-order valence-electron chi connectivity index (χ0n) is 10.4. The fourth-order valence-corrected chi connectivity index (χ4v) is 1.64. The summed E-state index contributed by atoms with van der Waals surface area (Å²) < 4.78 is 6.83. The van der Waals surface area contributed by atoms with Crippen molar-refractivity contribution in [2.24, 2.45) is 7.05 Å². The minimum Gasteiger partial charge on any atom is -0.385 e. The van der Waals surface area contributed by atoms with Gasteiger partial charge in [0.15, 0.2) is 5.11 Å². The van der Waals surface area contributed by atoms with Gasteiger partial charge in [0.05, 0.1) is 0 Å². The molecule has 17 heavy (non-hydrogen) atoms. The molecule has 0 bridgehead atoms. The van der Waals surface area contributed by atoms with E-state index in [-0.39, 0.29) is 0 Å². The fourth-order valence-electron chi connectivity index (χ4n) is 1.43. The number of aromatic nitrogens is 2. The second kappa shape index (κ2) is 8.03. The highest BCUT2D eigenvalue weighted by Gasteiger charge is 1.99. The van der Waals surface area contributed by atoms with Gasteiger partial charge in [-0.3, -0.25) is 4.68 Å². The Labute approximate surface area is 108 Å². The van der Waals surface area contributed by atoms with Gasteiger partial charge < -0.3 is 15.4 Å². The number of ether oxygens (including phenoxy) is 1. The van der Waals surface area contributed by atoms with Crippen LogP contribution >= 0.6 is 12.2 Å². The molecule has 0 saturated carbocycles. The van der Waals surface area contributed by atoms with Crippen LogP contribution in [0.1, 0.15) is 12.1 Å². The molecule has 0 aliphatic rings. The summed E-state index contributed by atoms with van der Waals surface area (Å²) in [6, 6.07) is 2.01. The van der Waals surface area contributed by atoms with Gasteiger partial charge >= 0.3 is 0 Å². The van der Waals surface area contributed by atoms with Gasteiger partial charge in [0.25, 0.3) is 0 Å². The lowest BCUT2D eigenvalue weighted by Gasteiger charge is -2.10. The molecule has 6 heteroatoms. The predicted molar refractivity (Wildman–Crippen MR) is 72.0 cm³/mol. The molecule has 5 nitrogen and oxygen atoms in total. The Morgan fingerprint density at radius 3 is 2.88 bits per heavy atom. The molecule has 1 aromatic heterocycles. The molecule has 0 saturated heterocycles. The molecule has 0 radical (unpaired) electrons. The molecule has 0 spiro atoms. The summed E-state index contributed by atoms with van der Waals surface area (Å²) in [7, 11) is 3.64. The zero-order chi connectivity index (χ0) is 12.5. The van der Waals surface area contributed by atoms with Crippen LogP contribution in [-0.2, 0) is 18.2 Å². The summed E-state index contributed by atoms with van der Waals surface area (Å²) in [5, 5.41) is 11.1. The normalized spacial score (nSPS) is 10.2. The van der Waals surface area contributed by atoms with Crippen molar-refractivity contribution in [1.82, 2.24) is 20.4 Å². The average molecular weight is 256 g/mol. The number of hydrogen-bond donors (Lipinski definition) is 2. The highest BCUT2D eigenvalue weighted by Crippen LogP contribution is 1.95. The third-order valence-electron chi connectivity index (χ3n) is 2.40. The molecular weight excluding hydrogens is 236 g/mol. The number of rotatable bonds is 7. The smallest absolute Gasteiger partial charge is 0.166 e. The molecule has 0 atom stereocenters. The number of hydrogen-bond acceptors (Lipinski definition) is 3. The Morgan fingerprint density at radius 1 is 1.47 bits per heavy atom. The molecule has 0 amide bonds. The van der Waals surface area contributed by atoms with E-state index in [0.717, 1.165) is 32.5 Å². The number of methoxy groups -OCH3 is 1. The molecule has 1 rings (SSSR count). The van der Waals surface area contributed by atoms with Crippen LogP contribution < -0.4 is 10.6 Å². The van der Waals surface area contributed by atoms with E-state index < -0.39 is 0 Å². The first kappa shape index (κ1) is 13.9. The van der Waals surface area contributed by atoms with Crippen LogP contribution in [0.4, 0.5) is 0 Å². The van der Waals surface area contributed by atoms with E-state index >= 15 is 0 Å². The Balaban J connectivity index is 2.06. The lowest BCUT2D eigenvalue weighted by atomic mass is 10.3. The van der Waals surface area contributed by atoms with Crippen LogP contribution in [0.3, 0.4) is 0 Å². The third-order valence-corrected chi connectivity index (χ3v) is 2.69. The molecule has 96 valence electrons. The second-order valence-electron chi connectivity index (χ2n) is 3.73. The summed E-state index contributed by atoms with van der Waals surface area (Å²) in [5.41, 5.74) is 1.19. The minimum atomic E-state index is 0.697. The van der Waals surface area contributed by atoms with Crippen LogP contribution in [-0.4, -0.2) is 41.7 Å². The van der Waals surface area contributed by atoms with Gasteiger partial charge in [-0.25, -0.2) is 0 Å². The molecule has 0 fully saturated rings. The van der Waals surface area contributed by atoms with Crippen LogP contribution in [0.25, 0.3) is 0 Å². The van der Waals surface area contributed by atoms with E-state index in [1.54, 1.807) is 13.3 Å². The topological polar surface area (TPSA) is 51.1 Å². The Morgan fingerprint density at radius 2 is 2.24 bits per heavy atom. The van der Waals surface area contributed by atoms with Gasteiger partial charge in [0, 0.05) is 52.2 Å². The van der Waals surface area contributed by atoms with Gasteiger partial charge in [-0.1, -0.05) is 0 Å². The van der Waals surface area contributed by atoms with Crippen molar-refractivity contribution in [2.75, 3.05) is 26.8 Å². The largest absolute Gasteiger partial charge is 0.385 e. The van der Waals surface area contributed by atoms with Gasteiger partial charge in [-0.15, -0.1) is 0 Å². The first-order valence-corrected chi connectivity index (χ1v) is 6.12. The summed E-state index contributed by atoms with van der Waals surface area (Å²) in [6.07, 6.45) is 3.67. The molecule has 0 aliphatic heterocycles. The average Bonchev–Trinajstić information content (AvgIpc) is 2.71. The summed E-state index contributed by atoms with van der Waals surface area (Å²) in [6.45, 7) is 2.41. The van der Waals surface area contributed by atoms with Crippen molar-refractivity contribution in [3.05, 3.63) is 18.0 Å². The maximum atomic E-state index is 5.15. The van der Waals surface area contributed by atoms with Gasteiger partial charge in [0.2, 0.25) is 0 Å². The zero-order valence-corrected chi connectivity index (χ0v) is 11.2. The van der Waals surface area contributed by atoms with Crippen molar-refractivity contribution in [3.63, 3.8) is 0 Å². The van der Waals surface area contributed by atoms with Crippen molar-refractivity contribution >= 4 is 17.3 Å². The van der Waals surface area contributed by atoms with Crippen LogP contribution in [0.2, 0.25) is 0 Å². The molecule has 1 heterocycles. The fraction of sp³-hybridized carbons (Fsp3) is 0.636. The molecule has 1 aromatic rings. The summed E-state index contributed by atoms with van der Waals surface area (Å²) in [5.74, 6) is 0. The predicted octanol–water partition coefficient (Wildman–Crippen LogP) is 0.463. The number of thiocarbonyl (C=S) groups is 1. The standard InChI is InChI=1S/C11H20N4OS/c1-15-10(5-8-14-15)4-7-13-11(17)12-6-3-9-16-2/h5,8H,3-4,6-7,9H2,1-2H3,(H2,12,13,17). The lowest BCUT2D eigenvalue weighted by molar-refractivity contribution is 0.195. The van der Waals surface area contributed by atoms with E-state index in [0.29, 0.717) is 5.11 Å². The van der Waals surface area contributed by atoms with E-state index in [1.165, 1.54) is 5.69 Å². The first-order chi connectivity index (χ1) is 8.24. The lowest BCUT2D eigenvalue weighted by Crippen LogP contribution is -2.37. The first-order valence-electron chi connectivity index (χ1n) is 5.71. The van der Waals surface area contributed by atoms with Gasteiger partial charge in [-0.2, -0.15) is 5.10 Å². The molecule has 2 N–H and O–H groups in total. The quantitative estimate of drug-likeness (QED) is 0.548. The minimum absolute atomic E-state index is 0.697. The Hall–Kier alpha value is -1.14. The summed E-state index contributed by atoms with van der Waals surface area (Å²) in [4.78, 5) is 0. The third kappa shape index (κ3) is 5.65. The van der Waals surface area contributed by atoms with E-state index in [9.17, 15) is 0 Å². The SMILES string of the molecule is COCCCNC(=S)NCCc1ccnn1C. The van der Waals surface area contributed by atoms with Gasteiger partial charge in [-0.05, 0) is 24.7 Å². The van der Waals surface area contributed by atoms with E-state index in [1.807, 2.05) is 17.8 Å². The number of aryl methyl sites for hydroxylation is 1. The maximum absolute atomic E-state index is 5.15. The summed E-state index contributed by atoms with van der Waals surface area (Å²) >= 11 is 5.15. The van der Waals surface area contributed by atoms with Crippen molar-refractivity contribution in [2.45, 2.75) is 12.8 Å². The van der Waals surface area contributed by atoms with Crippen molar-refractivity contribution in [3.8, 4) is 0 Å². The molecule has 0 aromatic carbocycles. The van der Waals surface area contributed by atoms with Crippen LogP contribution in [0.5, 0.6) is 0 Å². The van der Waals surface area contributed by atoms with E-state index in [2.05, 4.69) is 15.7 Å². The highest BCUT2D eigenvalue weighted by atomic mass is 32.1. The van der Waals surface area contributed by atoms with Crippen molar-refractivity contribution in [1.29, 1.82) is 0 Å². The van der Waals surface area contributed by atoms with Crippen LogP contribution in [0.15, 0.2) is 12.3 Å². The highest BCUT2D eigenvalue weighted by molar-refractivity contribution is 7.80. The Kier molecular flexibility index (Phi) is 6.57. The molecular formula is C11H20N4OS. The number of nitrogens with one attached hydrogen (secondary N) is 2. The Bertz CT molecular complexity index is 340. The van der Waals surface area contributed by atoms with Gasteiger partial charge in [0.1, 0.15) is 0 Å².